The Labute approximate surface area is 126 Å². The predicted octanol–water partition coefficient (Wildman–Crippen LogP) is 5.32. The summed E-state index contributed by atoms with van der Waals surface area (Å²) in [5, 5.41) is 0. The van der Waals surface area contributed by atoms with E-state index in [2.05, 4.69) is 104 Å². The molecule has 0 saturated carbocycles. The van der Waals surface area contributed by atoms with Crippen LogP contribution in [0.3, 0.4) is 0 Å². The van der Waals surface area contributed by atoms with Gasteiger partial charge in [-0.2, -0.15) is 0 Å². The average Bonchev–Trinajstić information content (AvgIpc) is 2.23. The smallest absolute Gasteiger partial charge is 0.0678 e. The number of halogens is 3. The maximum atomic E-state index is 3.56. The molecule has 15 heavy (non-hydrogen) atoms. The number of benzene rings is 1. The molecule has 0 atom stereocenters. The van der Waals surface area contributed by atoms with Crippen LogP contribution in [-0.2, 0) is 0 Å². The lowest BCUT2D eigenvalue weighted by Gasteiger charge is -2.26. The molecule has 0 spiro atoms. The van der Waals surface area contributed by atoms with Crippen molar-refractivity contribution < 1.29 is 0 Å². The van der Waals surface area contributed by atoms with Gasteiger partial charge >= 0.3 is 0 Å². The van der Waals surface area contributed by atoms with E-state index in [0.29, 0.717) is 0 Å². The fourth-order valence-corrected chi connectivity index (χ4v) is 3.32. The highest BCUT2D eigenvalue weighted by atomic mass is 127. The second-order valence-corrected chi connectivity index (χ2v) is 10.1. The first-order valence-corrected chi connectivity index (χ1v) is 7.56. The molecule has 3 heteroatoms. The van der Waals surface area contributed by atoms with Crippen LogP contribution in [0.5, 0.6) is 0 Å². The lowest BCUT2D eigenvalue weighted by Crippen LogP contribution is -2.15. The zero-order valence-electron chi connectivity index (χ0n) is 7.88. The van der Waals surface area contributed by atoms with E-state index in [1.54, 1.807) is 0 Å². The SMILES string of the molecule is BrC1=CCC(I)(I)C(c2ccccc2)=C1. The van der Waals surface area contributed by atoms with Crippen LogP contribution in [0.4, 0.5) is 0 Å². The minimum atomic E-state index is 0.175. The van der Waals surface area contributed by atoms with Gasteiger partial charge in [0.2, 0.25) is 0 Å². The molecule has 0 unspecified atom stereocenters. The standard InChI is InChI=1S/C12H9BrI2/c13-10-6-7-12(14,15)11(8-10)9-4-2-1-3-5-9/h1-6,8H,7H2. The zero-order valence-corrected chi connectivity index (χ0v) is 13.8. The molecule has 0 N–H and O–H groups in total. The van der Waals surface area contributed by atoms with Gasteiger partial charge in [0.15, 0.2) is 0 Å². The number of rotatable bonds is 1. The lowest BCUT2D eigenvalue weighted by atomic mass is 9.97. The fourth-order valence-electron chi connectivity index (χ4n) is 1.55. The quantitative estimate of drug-likeness (QED) is 0.372. The van der Waals surface area contributed by atoms with Crippen molar-refractivity contribution in [1.82, 2.24) is 0 Å². The molecule has 0 saturated heterocycles. The van der Waals surface area contributed by atoms with Crippen molar-refractivity contribution in [3.63, 3.8) is 0 Å². The molecule has 78 valence electrons. The summed E-state index contributed by atoms with van der Waals surface area (Å²) in [7, 11) is 0. The predicted molar refractivity (Wildman–Crippen MR) is 86.8 cm³/mol. The molecule has 0 nitrogen and oxygen atoms in total. The van der Waals surface area contributed by atoms with Gasteiger partial charge < -0.3 is 0 Å². The van der Waals surface area contributed by atoms with E-state index >= 15 is 0 Å². The summed E-state index contributed by atoms with van der Waals surface area (Å²) in [6.07, 6.45) is 5.51. The highest BCUT2D eigenvalue weighted by Gasteiger charge is 2.30. The maximum absolute atomic E-state index is 3.56. The Morgan fingerprint density at radius 1 is 1.13 bits per heavy atom. The molecular weight excluding hydrogens is 478 g/mol. The molecule has 0 aromatic heterocycles. The Morgan fingerprint density at radius 2 is 1.80 bits per heavy atom. The van der Waals surface area contributed by atoms with Gasteiger partial charge in [0, 0.05) is 4.48 Å². The molecule has 0 bridgehead atoms. The highest BCUT2D eigenvalue weighted by Crippen LogP contribution is 2.48. The van der Waals surface area contributed by atoms with E-state index in [1.165, 1.54) is 15.6 Å². The van der Waals surface area contributed by atoms with Crippen LogP contribution in [0.2, 0.25) is 0 Å². The van der Waals surface area contributed by atoms with E-state index in [0.717, 1.165) is 6.42 Å². The molecular formula is C12H9BrI2. The summed E-state index contributed by atoms with van der Waals surface area (Å²) in [5.74, 6) is 0. The van der Waals surface area contributed by atoms with Crippen molar-refractivity contribution in [3.05, 3.63) is 52.5 Å². The van der Waals surface area contributed by atoms with Crippen LogP contribution in [0.15, 0.2) is 47.0 Å². The molecule has 0 radical (unpaired) electrons. The van der Waals surface area contributed by atoms with Crippen molar-refractivity contribution in [2.75, 3.05) is 0 Å². The fraction of sp³-hybridized carbons (Fsp3) is 0.167. The van der Waals surface area contributed by atoms with Crippen LogP contribution < -0.4 is 0 Å². The molecule has 0 amide bonds. The second-order valence-electron chi connectivity index (χ2n) is 3.42. The van der Waals surface area contributed by atoms with Gasteiger partial charge in [-0.1, -0.05) is 97.5 Å². The Kier molecular flexibility index (Phi) is 3.93. The minimum absolute atomic E-state index is 0.175. The Balaban J connectivity index is 2.47. The van der Waals surface area contributed by atoms with E-state index in [4.69, 9.17) is 0 Å². The third-order valence-corrected chi connectivity index (χ3v) is 4.91. The van der Waals surface area contributed by atoms with Crippen molar-refractivity contribution in [2.24, 2.45) is 0 Å². The van der Waals surface area contributed by atoms with E-state index in [1.807, 2.05) is 0 Å². The highest BCUT2D eigenvalue weighted by molar-refractivity contribution is 14.2. The first-order valence-electron chi connectivity index (χ1n) is 4.61. The van der Waals surface area contributed by atoms with Gasteiger partial charge in [-0.05, 0) is 23.6 Å². The summed E-state index contributed by atoms with van der Waals surface area (Å²) >= 11 is 8.59. The summed E-state index contributed by atoms with van der Waals surface area (Å²) < 4.78 is 1.36. The number of hydrogen-bond acceptors (Lipinski definition) is 0. The van der Waals surface area contributed by atoms with Gasteiger partial charge in [-0.15, -0.1) is 0 Å². The van der Waals surface area contributed by atoms with Crippen molar-refractivity contribution in [2.45, 2.75) is 7.85 Å². The number of allylic oxidation sites excluding steroid dienone is 4. The van der Waals surface area contributed by atoms with Gasteiger partial charge in [0.1, 0.15) is 1.43 Å². The third kappa shape index (κ3) is 2.85. The van der Waals surface area contributed by atoms with Crippen LogP contribution in [-0.4, -0.2) is 1.43 Å². The van der Waals surface area contributed by atoms with Gasteiger partial charge in [-0.25, -0.2) is 0 Å². The van der Waals surface area contributed by atoms with Crippen LogP contribution in [0, 0.1) is 0 Å². The second kappa shape index (κ2) is 4.87. The topological polar surface area (TPSA) is 0 Å². The Morgan fingerprint density at radius 3 is 2.47 bits per heavy atom. The lowest BCUT2D eigenvalue weighted by molar-refractivity contribution is 1.08. The molecule has 1 aliphatic rings. The Hall–Kier alpha value is 0.640. The van der Waals surface area contributed by atoms with Crippen LogP contribution in [0.25, 0.3) is 5.57 Å². The summed E-state index contributed by atoms with van der Waals surface area (Å²) in [4.78, 5) is 0. The number of alkyl halides is 2. The Bertz CT molecular complexity index is 419. The monoisotopic (exact) mass is 486 g/mol. The molecule has 0 fully saturated rings. The molecule has 1 aliphatic carbocycles. The minimum Gasteiger partial charge on any atom is -0.0678 e. The molecule has 1 aromatic carbocycles. The van der Waals surface area contributed by atoms with Gasteiger partial charge in [0.25, 0.3) is 0 Å². The molecule has 2 rings (SSSR count). The first-order chi connectivity index (χ1) is 7.09. The summed E-state index contributed by atoms with van der Waals surface area (Å²) in [5.41, 5.74) is 2.70. The van der Waals surface area contributed by atoms with Gasteiger partial charge in [0.05, 0.1) is 0 Å². The third-order valence-electron chi connectivity index (χ3n) is 2.31. The molecule has 0 heterocycles. The largest absolute Gasteiger partial charge is 0.102 e. The van der Waals surface area contributed by atoms with Gasteiger partial charge in [-0.3, -0.25) is 0 Å². The van der Waals surface area contributed by atoms with Crippen molar-refractivity contribution in [1.29, 1.82) is 0 Å². The van der Waals surface area contributed by atoms with E-state index in [9.17, 15) is 0 Å². The van der Waals surface area contributed by atoms with Crippen molar-refractivity contribution >= 4 is 66.7 Å². The zero-order chi connectivity index (χ0) is 10.9. The summed E-state index contributed by atoms with van der Waals surface area (Å²) in [6, 6.07) is 10.6. The normalized spacial score (nSPS) is 19.4. The van der Waals surface area contributed by atoms with Crippen LogP contribution in [0.1, 0.15) is 12.0 Å². The molecule has 0 aliphatic heterocycles. The number of hydrogen-bond donors (Lipinski definition) is 0. The summed E-state index contributed by atoms with van der Waals surface area (Å²) in [6.45, 7) is 0. The van der Waals surface area contributed by atoms with Crippen LogP contribution >= 0.6 is 61.1 Å². The molecule has 1 aromatic rings. The maximum Gasteiger partial charge on any atom is 0.102 e. The van der Waals surface area contributed by atoms with E-state index < -0.39 is 0 Å². The van der Waals surface area contributed by atoms with Crippen molar-refractivity contribution in [3.8, 4) is 0 Å². The average molecular weight is 487 g/mol. The first kappa shape index (κ1) is 12.1. The van der Waals surface area contributed by atoms with E-state index in [-0.39, 0.29) is 1.43 Å².